The number of hydrogen-bond donors (Lipinski definition) is 2. The molecule has 1 amide bonds. The summed E-state index contributed by atoms with van der Waals surface area (Å²) < 4.78 is 0. The molecule has 2 saturated heterocycles. The molecule has 4 heteroatoms. The molecule has 2 atom stereocenters. The number of likely N-dealkylation sites (tertiary alicyclic amines) is 1. The number of fused-ring (bicyclic) bond motifs is 1. The van der Waals surface area contributed by atoms with Crippen LogP contribution in [0.2, 0.25) is 0 Å². The summed E-state index contributed by atoms with van der Waals surface area (Å²) in [5.74, 6) is 1.67. The summed E-state index contributed by atoms with van der Waals surface area (Å²) in [5, 5.41) is 6.45. The van der Waals surface area contributed by atoms with E-state index < -0.39 is 0 Å². The summed E-state index contributed by atoms with van der Waals surface area (Å²) in [4.78, 5) is 14.2. The highest BCUT2D eigenvalue weighted by atomic mass is 16.2. The fourth-order valence-electron chi connectivity index (χ4n) is 3.33. The fraction of sp³-hybridized carbons (Fsp3) is 0.562. The molecular formula is C16H23N3O. The third kappa shape index (κ3) is 3.38. The summed E-state index contributed by atoms with van der Waals surface area (Å²) in [6, 6.07) is 10.3. The summed E-state index contributed by atoms with van der Waals surface area (Å²) in [7, 11) is 0. The maximum absolute atomic E-state index is 11.9. The maximum atomic E-state index is 11.9. The second kappa shape index (κ2) is 6.37. The molecule has 20 heavy (non-hydrogen) atoms. The molecule has 108 valence electrons. The zero-order valence-electron chi connectivity index (χ0n) is 11.8. The van der Waals surface area contributed by atoms with Gasteiger partial charge < -0.3 is 10.6 Å². The van der Waals surface area contributed by atoms with E-state index in [1.165, 1.54) is 5.56 Å². The van der Waals surface area contributed by atoms with Crippen LogP contribution in [-0.2, 0) is 11.2 Å². The van der Waals surface area contributed by atoms with Crippen LogP contribution in [0, 0.1) is 11.8 Å². The van der Waals surface area contributed by atoms with Crippen LogP contribution in [0.5, 0.6) is 0 Å². The van der Waals surface area contributed by atoms with Crippen LogP contribution in [0.25, 0.3) is 0 Å². The average molecular weight is 273 g/mol. The minimum absolute atomic E-state index is 0.161. The normalized spacial score (nSPS) is 25.6. The zero-order chi connectivity index (χ0) is 13.8. The van der Waals surface area contributed by atoms with Gasteiger partial charge in [-0.3, -0.25) is 9.69 Å². The van der Waals surface area contributed by atoms with Gasteiger partial charge in [-0.15, -0.1) is 0 Å². The summed E-state index contributed by atoms with van der Waals surface area (Å²) in [5.41, 5.74) is 1.27. The predicted octanol–water partition coefficient (Wildman–Crippen LogP) is 0.497. The Balaban J connectivity index is 1.36. The Morgan fingerprint density at radius 2 is 1.90 bits per heavy atom. The Morgan fingerprint density at radius 3 is 2.60 bits per heavy atom. The molecular weight excluding hydrogens is 250 g/mol. The molecule has 2 aliphatic rings. The van der Waals surface area contributed by atoms with E-state index in [4.69, 9.17) is 0 Å². The van der Waals surface area contributed by atoms with Crippen molar-refractivity contribution in [3.05, 3.63) is 35.9 Å². The van der Waals surface area contributed by atoms with Gasteiger partial charge in [-0.05, 0) is 36.9 Å². The highest BCUT2D eigenvalue weighted by Gasteiger charge is 2.36. The average Bonchev–Trinajstić information content (AvgIpc) is 3.01. The molecule has 2 aliphatic heterocycles. The van der Waals surface area contributed by atoms with E-state index in [1.54, 1.807) is 0 Å². The Labute approximate surface area is 120 Å². The van der Waals surface area contributed by atoms with Crippen molar-refractivity contribution in [2.45, 2.75) is 6.42 Å². The van der Waals surface area contributed by atoms with Crippen molar-refractivity contribution in [1.82, 2.24) is 15.5 Å². The van der Waals surface area contributed by atoms with E-state index in [9.17, 15) is 4.79 Å². The van der Waals surface area contributed by atoms with Gasteiger partial charge in [0.1, 0.15) is 0 Å². The minimum atomic E-state index is 0.161. The van der Waals surface area contributed by atoms with Crippen molar-refractivity contribution in [3.8, 4) is 0 Å². The fourth-order valence-corrected chi connectivity index (χ4v) is 3.33. The van der Waals surface area contributed by atoms with Gasteiger partial charge in [-0.2, -0.15) is 0 Å². The van der Waals surface area contributed by atoms with Crippen LogP contribution in [0.15, 0.2) is 30.3 Å². The molecule has 0 saturated carbocycles. The summed E-state index contributed by atoms with van der Waals surface area (Å²) >= 11 is 0. The van der Waals surface area contributed by atoms with Gasteiger partial charge in [-0.1, -0.05) is 30.3 Å². The molecule has 2 heterocycles. The van der Waals surface area contributed by atoms with Crippen LogP contribution < -0.4 is 10.6 Å². The topological polar surface area (TPSA) is 44.4 Å². The first kappa shape index (κ1) is 13.6. The van der Waals surface area contributed by atoms with Crippen molar-refractivity contribution in [2.75, 3.05) is 39.3 Å². The van der Waals surface area contributed by atoms with Gasteiger partial charge >= 0.3 is 0 Å². The summed E-state index contributed by atoms with van der Waals surface area (Å²) in [6.07, 6.45) is 0.905. The second-order valence-corrected chi connectivity index (χ2v) is 5.96. The zero-order valence-corrected chi connectivity index (χ0v) is 11.8. The first-order valence-electron chi connectivity index (χ1n) is 7.55. The van der Waals surface area contributed by atoms with Crippen LogP contribution >= 0.6 is 0 Å². The molecule has 2 N–H and O–H groups in total. The molecule has 1 aromatic rings. The van der Waals surface area contributed by atoms with Crippen molar-refractivity contribution < 1.29 is 4.79 Å². The van der Waals surface area contributed by atoms with Gasteiger partial charge in [0, 0.05) is 19.6 Å². The van der Waals surface area contributed by atoms with Crippen molar-refractivity contribution in [2.24, 2.45) is 11.8 Å². The molecule has 1 aromatic carbocycles. The van der Waals surface area contributed by atoms with Crippen LogP contribution in [0.3, 0.4) is 0 Å². The molecule has 0 spiro atoms. The molecule has 0 bridgehead atoms. The highest BCUT2D eigenvalue weighted by molar-refractivity contribution is 5.78. The first-order valence-corrected chi connectivity index (χ1v) is 7.55. The maximum Gasteiger partial charge on any atom is 0.234 e. The molecule has 4 nitrogen and oxygen atoms in total. The first-order chi connectivity index (χ1) is 9.81. The standard InChI is InChI=1S/C16H23N3O/c20-16(18-7-6-13-4-2-1-3-5-13)12-19-10-14-8-17-9-15(14)11-19/h1-5,14-15,17H,6-12H2,(H,18,20). The number of rotatable bonds is 5. The van der Waals surface area contributed by atoms with E-state index in [-0.39, 0.29) is 5.91 Å². The lowest BCUT2D eigenvalue weighted by molar-refractivity contribution is -0.122. The Morgan fingerprint density at radius 1 is 1.20 bits per heavy atom. The van der Waals surface area contributed by atoms with E-state index >= 15 is 0 Å². The molecule has 0 aromatic heterocycles. The minimum Gasteiger partial charge on any atom is -0.355 e. The number of amides is 1. The largest absolute Gasteiger partial charge is 0.355 e. The molecule has 2 unspecified atom stereocenters. The lowest BCUT2D eigenvalue weighted by Crippen LogP contribution is -2.38. The van der Waals surface area contributed by atoms with Crippen LogP contribution in [0.1, 0.15) is 5.56 Å². The van der Waals surface area contributed by atoms with Gasteiger partial charge in [0.15, 0.2) is 0 Å². The van der Waals surface area contributed by atoms with Gasteiger partial charge in [-0.25, -0.2) is 0 Å². The SMILES string of the molecule is O=C(CN1CC2CNCC2C1)NCCc1ccccc1. The van der Waals surface area contributed by atoms with Crippen molar-refractivity contribution in [3.63, 3.8) is 0 Å². The second-order valence-electron chi connectivity index (χ2n) is 5.96. The van der Waals surface area contributed by atoms with Crippen molar-refractivity contribution >= 4 is 5.91 Å². The van der Waals surface area contributed by atoms with Crippen LogP contribution in [-0.4, -0.2) is 50.1 Å². The quantitative estimate of drug-likeness (QED) is 0.821. The lowest BCUT2D eigenvalue weighted by atomic mass is 10.0. The molecule has 0 radical (unpaired) electrons. The predicted molar refractivity (Wildman–Crippen MR) is 79.4 cm³/mol. The third-order valence-corrected chi connectivity index (χ3v) is 4.41. The molecule has 3 rings (SSSR count). The van der Waals surface area contributed by atoms with Gasteiger partial charge in [0.2, 0.25) is 5.91 Å². The van der Waals surface area contributed by atoms with E-state index in [1.807, 2.05) is 18.2 Å². The van der Waals surface area contributed by atoms with E-state index in [2.05, 4.69) is 27.7 Å². The smallest absolute Gasteiger partial charge is 0.234 e. The number of nitrogens with one attached hydrogen (secondary N) is 2. The number of carbonyl (C=O) groups excluding carboxylic acids is 1. The number of carbonyl (C=O) groups is 1. The third-order valence-electron chi connectivity index (χ3n) is 4.41. The number of hydrogen-bond acceptors (Lipinski definition) is 3. The summed E-state index contributed by atoms with van der Waals surface area (Å²) in [6.45, 7) is 5.67. The number of nitrogens with zero attached hydrogens (tertiary/aromatic N) is 1. The Kier molecular flexibility index (Phi) is 4.33. The highest BCUT2D eigenvalue weighted by Crippen LogP contribution is 2.25. The van der Waals surface area contributed by atoms with Crippen molar-refractivity contribution in [1.29, 1.82) is 0 Å². The van der Waals surface area contributed by atoms with Crippen LogP contribution in [0.4, 0.5) is 0 Å². The Hall–Kier alpha value is -1.39. The monoisotopic (exact) mass is 273 g/mol. The number of benzene rings is 1. The van der Waals surface area contributed by atoms with Gasteiger partial charge in [0.25, 0.3) is 0 Å². The Bertz CT molecular complexity index is 436. The van der Waals surface area contributed by atoms with E-state index in [0.717, 1.165) is 51.0 Å². The van der Waals surface area contributed by atoms with E-state index in [0.29, 0.717) is 6.54 Å². The molecule has 0 aliphatic carbocycles. The van der Waals surface area contributed by atoms with Gasteiger partial charge in [0.05, 0.1) is 6.54 Å². The molecule has 2 fully saturated rings. The lowest BCUT2D eigenvalue weighted by Gasteiger charge is -2.16.